The number of hydrogen-bond acceptors (Lipinski definition) is 4. The van der Waals surface area contributed by atoms with E-state index in [0.29, 0.717) is 18.1 Å². The van der Waals surface area contributed by atoms with Gasteiger partial charge in [0.25, 0.3) is 5.91 Å². The number of aromatic nitrogens is 5. The van der Waals surface area contributed by atoms with E-state index >= 15 is 0 Å². The fourth-order valence-electron chi connectivity index (χ4n) is 2.81. The van der Waals surface area contributed by atoms with Crippen molar-refractivity contribution in [3.63, 3.8) is 0 Å². The van der Waals surface area contributed by atoms with Crippen LogP contribution in [0.15, 0.2) is 42.7 Å². The van der Waals surface area contributed by atoms with Crippen LogP contribution in [0, 0.1) is 0 Å². The fraction of sp³-hybridized carbons (Fsp3) is 0.400. The van der Waals surface area contributed by atoms with Crippen molar-refractivity contribution in [2.75, 3.05) is 5.32 Å². The summed E-state index contributed by atoms with van der Waals surface area (Å²) in [5.41, 5.74) is 2.15. The molecule has 0 radical (unpaired) electrons. The highest BCUT2D eigenvalue weighted by Gasteiger charge is 2.23. The van der Waals surface area contributed by atoms with Crippen LogP contribution in [-0.4, -0.2) is 30.5 Å². The molecule has 0 saturated heterocycles. The van der Waals surface area contributed by atoms with Gasteiger partial charge in [-0.05, 0) is 44.9 Å². The minimum absolute atomic E-state index is 0.192. The minimum Gasteiger partial charge on any atom is -0.304 e. The van der Waals surface area contributed by atoms with Crippen molar-refractivity contribution in [2.45, 2.75) is 52.6 Å². The summed E-state index contributed by atoms with van der Waals surface area (Å²) in [6, 6.07) is 9.38. The molecule has 7 nitrogen and oxygen atoms in total. The first kappa shape index (κ1) is 18.8. The van der Waals surface area contributed by atoms with Crippen molar-refractivity contribution in [1.82, 2.24) is 24.5 Å². The molecule has 0 spiro atoms. The predicted octanol–water partition coefficient (Wildman–Crippen LogP) is 3.65. The van der Waals surface area contributed by atoms with Gasteiger partial charge >= 0.3 is 0 Å². The van der Waals surface area contributed by atoms with Gasteiger partial charge in [-0.1, -0.05) is 19.9 Å². The van der Waals surface area contributed by atoms with Gasteiger partial charge in [0.1, 0.15) is 0 Å². The monoisotopic (exact) mass is 366 g/mol. The molecule has 142 valence electrons. The maximum absolute atomic E-state index is 12.6. The molecule has 0 aliphatic carbocycles. The summed E-state index contributed by atoms with van der Waals surface area (Å²) in [5.74, 6) is 0.506. The summed E-state index contributed by atoms with van der Waals surface area (Å²) in [5, 5.41) is 11.8. The van der Waals surface area contributed by atoms with Crippen molar-refractivity contribution in [3.05, 3.63) is 59.8 Å². The van der Waals surface area contributed by atoms with E-state index < -0.39 is 0 Å². The van der Waals surface area contributed by atoms with E-state index in [2.05, 4.69) is 55.1 Å². The Kier molecular flexibility index (Phi) is 5.12. The topological polar surface area (TPSA) is 77.6 Å². The highest BCUT2D eigenvalue weighted by Crippen LogP contribution is 2.23. The van der Waals surface area contributed by atoms with Crippen LogP contribution in [0.4, 0.5) is 5.82 Å². The first-order chi connectivity index (χ1) is 12.7. The molecule has 3 aromatic rings. The Bertz CT molecular complexity index is 918. The second kappa shape index (κ2) is 7.34. The van der Waals surface area contributed by atoms with Crippen molar-refractivity contribution < 1.29 is 4.79 Å². The SMILES string of the molecule is CC(C)c1cc(C(=O)Nc2ccn(Cc3ccccn3)n2)nn1C(C)(C)C. The van der Waals surface area contributed by atoms with Crippen LogP contribution < -0.4 is 5.32 Å². The molecule has 3 rings (SSSR count). The third-order valence-electron chi connectivity index (χ3n) is 4.13. The molecule has 0 aliphatic rings. The molecule has 3 aromatic heterocycles. The van der Waals surface area contributed by atoms with E-state index in [9.17, 15) is 4.79 Å². The zero-order valence-electron chi connectivity index (χ0n) is 16.5. The zero-order chi connectivity index (χ0) is 19.6. The summed E-state index contributed by atoms with van der Waals surface area (Å²) in [7, 11) is 0. The van der Waals surface area contributed by atoms with Crippen LogP contribution in [0.1, 0.15) is 62.4 Å². The number of rotatable bonds is 5. The molecule has 1 amide bonds. The number of hydrogen-bond donors (Lipinski definition) is 1. The Morgan fingerprint density at radius 3 is 2.56 bits per heavy atom. The van der Waals surface area contributed by atoms with Gasteiger partial charge in [0.05, 0.1) is 17.8 Å². The lowest BCUT2D eigenvalue weighted by molar-refractivity contribution is 0.102. The normalized spacial score (nSPS) is 11.8. The maximum atomic E-state index is 12.6. The molecule has 0 unspecified atom stereocenters. The lowest BCUT2D eigenvalue weighted by atomic mass is 10.1. The van der Waals surface area contributed by atoms with E-state index in [1.54, 1.807) is 16.9 Å². The van der Waals surface area contributed by atoms with Crippen LogP contribution in [-0.2, 0) is 12.1 Å². The Morgan fingerprint density at radius 1 is 1.19 bits per heavy atom. The number of carbonyl (C=O) groups excluding carboxylic acids is 1. The molecule has 0 fully saturated rings. The summed E-state index contributed by atoms with van der Waals surface area (Å²) in [4.78, 5) is 16.9. The molecule has 0 atom stereocenters. The van der Waals surface area contributed by atoms with Gasteiger partial charge in [-0.25, -0.2) is 0 Å². The Labute approximate surface area is 159 Å². The fourth-order valence-corrected chi connectivity index (χ4v) is 2.81. The van der Waals surface area contributed by atoms with Gasteiger partial charge in [-0.2, -0.15) is 10.2 Å². The van der Waals surface area contributed by atoms with E-state index in [4.69, 9.17) is 0 Å². The van der Waals surface area contributed by atoms with Crippen molar-refractivity contribution >= 4 is 11.7 Å². The Morgan fingerprint density at radius 2 is 1.96 bits per heavy atom. The van der Waals surface area contributed by atoms with Crippen molar-refractivity contribution in [1.29, 1.82) is 0 Å². The molecule has 3 heterocycles. The number of amides is 1. The number of pyridine rings is 1. The minimum atomic E-state index is -0.261. The van der Waals surface area contributed by atoms with Gasteiger partial charge in [-0.3, -0.25) is 19.1 Å². The Hall–Kier alpha value is -2.96. The predicted molar refractivity (Wildman–Crippen MR) is 105 cm³/mol. The average Bonchev–Trinajstić information content (AvgIpc) is 3.22. The maximum Gasteiger partial charge on any atom is 0.277 e. The highest BCUT2D eigenvalue weighted by molar-refractivity contribution is 6.02. The van der Waals surface area contributed by atoms with Crippen LogP contribution in [0.25, 0.3) is 0 Å². The van der Waals surface area contributed by atoms with Gasteiger partial charge in [0, 0.05) is 24.2 Å². The molecular formula is C20H26N6O. The number of carbonyl (C=O) groups is 1. The zero-order valence-corrected chi connectivity index (χ0v) is 16.5. The quantitative estimate of drug-likeness (QED) is 0.747. The van der Waals surface area contributed by atoms with E-state index in [1.165, 1.54) is 0 Å². The molecule has 0 aliphatic heterocycles. The number of nitrogens with one attached hydrogen (secondary N) is 1. The molecule has 7 heteroatoms. The van der Waals surface area contributed by atoms with Gasteiger partial charge in [0.2, 0.25) is 0 Å². The van der Waals surface area contributed by atoms with E-state index in [-0.39, 0.29) is 17.4 Å². The lowest BCUT2D eigenvalue weighted by Gasteiger charge is -2.23. The number of nitrogens with zero attached hydrogens (tertiary/aromatic N) is 5. The van der Waals surface area contributed by atoms with E-state index in [0.717, 1.165) is 11.4 Å². The molecule has 0 aromatic carbocycles. The van der Waals surface area contributed by atoms with Gasteiger partial charge in [0.15, 0.2) is 11.5 Å². The lowest BCUT2D eigenvalue weighted by Crippen LogP contribution is -2.26. The molecule has 1 N–H and O–H groups in total. The summed E-state index contributed by atoms with van der Waals surface area (Å²) in [6.07, 6.45) is 3.57. The summed E-state index contributed by atoms with van der Waals surface area (Å²) < 4.78 is 3.66. The molecular weight excluding hydrogens is 340 g/mol. The smallest absolute Gasteiger partial charge is 0.277 e. The standard InChI is InChI=1S/C20H26N6O/c1-14(2)17-12-16(23-26(17)20(3,4)5)19(27)22-18-9-11-25(24-18)13-15-8-6-7-10-21-15/h6-12,14H,13H2,1-5H3,(H,22,24,27). The Balaban J connectivity index is 1.74. The second-order valence-electron chi connectivity index (χ2n) is 7.87. The molecule has 27 heavy (non-hydrogen) atoms. The highest BCUT2D eigenvalue weighted by atomic mass is 16.2. The van der Waals surface area contributed by atoms with Crippen LogP contribution in [0.5, 0.6) is 0 Å². The summed E-state index contributed by atoms with van der Waals surface area (Å²) >= 11 is 0. The molecule has 0 saturated carbocycles. The third kappa shape index (κ3) is 4.42. The van der Waals surface area contributed by atoms with E-state index in [1.807, 2.05) is 35.1 Å². The van der Waals surface area contributed by atoms with Crippen LogP contribution >= 0.6 is 0 Å². The average molecular weight is 366 g/mol. The third-order valence-corrected chi connectivity index (χ3v) is 4.13. The van der Waals surface area contributed by atoms with Crippen LogP contribution in [0.2, 0.25) is 0 Å². The first-order valence-electron chi connectivity index (χ1n) is 9.09. The van der Waals surface area contributed by atoms with Crippen molar-refractivity contribution in [2.24, 2.45) is 0 Å². The summed E-state index contributed by atoms with van der Waals surface area (Å²) in [6.45, 7) is 11.0. The van der Waals surface area contributed by atoms with Gasteiger partial charge in [-0.15, -0.1) is 0 Å². The van der Waals surface area contributed by atoms with Crippen LogP contribution in [0.3, 0.4) is 0 Å². The molecule has 0 bridgehead atoms. The number of anilines is 1. The first-order valence-corrected chi connectivity index (χ1v) is 9.09. The van der Waals surface area contributed by atoms with Gasteiger partial charge < -0.3 is 5.32 Å². The largest absolute Gasteiger partial charge is 0.304 e. The second-order valence-corrected chi connectivity index (χ2v) is 7.87. The van der Waals surface area contributed by atoms with Crippen molar-refractivity contribution in [3.8, 4) is 0 Å².